The monoisotopic (exact) mass is 412 g/mol. The Morgan fingerprint density at radius 1 is 1.10 bits per heavy atom. The van der Waals surface area contributed by atoms with Crippen molar-refractivity contribution in [3.8, 4) is 17.2 Å². The van der Waals surface area contributed by atoms with Crippen LogP contribution >= 0.6 is 0 Å². The minimum absolute atomic E-state index is 0.103. The van der Waals surface area contributed by atoms with Crippen LogP contribution in [0.25, 0.3) is 11.0 Å². The van der Waals surface area contributed by atoms with Gasteiger partial charge in [0, 0.05) is 0 Å². The lowest BCUT2D eigenvalue weighted by atomic mass is 10.1. The van der Waals surface area contributed by atoms with Crippen molar-refractivity contribution < 1.29 is 19.0 Å². The average molecular weight is 413 g/mol. The SMILES string of the molecule is CC/C=C/CCOc1c(O)c(=O)oc2cccc(OC/C=C(\C)CCC=C(C)C)c12. The molecule has 0 saturated heterocycles. The van der Waals surface area contributed by atoms with Gasteiger partial charge in [-0.2, -0.15) is 0 Å². The van der Waals surface area contributed by atoms with Crippen LogP contribution in [0.15, 0.2) is 62.9 Å². The summed E-state index contributed by atoms with van der Waals surface area (Å²) in [6, 6.07) is 5.18. The first-order chi connectivity index (χ1) is 14.4. The van der Waals surface area contributed by atoms with Crippen molar-refractivity contribution in [2.24, 2.45) is 0 Å². The molecule has 162 valence electrons. The number of fused-ring (bicyclic) bond motifs is 1. The molecular weight excluding hydrogens is 380 g/mol. The smallest absolute Gasteiger partial charge is 0.382 e. The Kier molecular flexibility index (Phi) is 9.26. The summed E-state index contributed by atoms with van der Waals surface area (Å²) >= 11 is 0. The summed E-state index contributed by atoms with van der Waals surface area (Å²) in [5.41, 5.74) is 2.04. The van der Waals surface area contributed by atoms with E-state index < -0.39 is 11.4 Å². The summed E-state index contributed by atoms with van der Waals surface area (Å²) in [4.78, 5) is 12.0. The summed E-state index contributed by atoms with van der Waals surface area (Å²) in [5, 5.41) is 10.7. The van der Waals surface area contributed by atoms with E-state index in [1.807, 2.05) is 18.2 Å². The third-order valence-electron chi connectivity index (χ3n) is 4.52. The van der Waals surface area contributed by atoms with Gasteiger partial charge < -0.3 is 19.0 Å². The van der Waals surface area contributed by atoms with Gasteiger partial charge in [-0.25, -0.2) is 4.79 Å². The van der Waals surface area contributed by atoms with Gasteiger partial charge in [-0.05, 0) is 64.7 Å². The van der Waals surface area contributed by atoms with Crippen molar-refractivity contribution in [3.05, 3.63) is 64.1 Å². The van der Waals surface area contributed by atoms with Crippen LogP contribution in [0.1, 0.15) is 53.4 Å². The van der Waals surface area contributed by atoms with Crippen molar-refractivity contribution in [1.29, 1.82) is 0 Å². The number of hydrogen-bond acceptors (Lipinski definition) is 5. The maximum atomic E-state index is 12.0. The minimum Gasteiger partial charge on any atom is -0.499 e. The summed E-state index contributed by atoms with van der Waals surface area (Å²) in [5.74, 6) is 0.0662. The molecule has 0 atom stereocenters. The highest BCUT2D eigenvalue weighted by molar-refractivity contribution is 5.91. The molecule has 0 radical (unpaired) electrons. The molecule has 0 unspecified atom stereocenters. The van der Waals surface area contributed by atoms with Crippen LogP contribution < -0.4 is 15.1 Å². The molecule has 0 aliphatic carbocycles. The van der Waals surface area contributed by atoms with E-state index in [2.05, 4.69) is 33.8 Å². The van der Waals surface area contributed by atoms with Crippen LogP contribution in [0.4, 0.5) is 0 Å². The second-order valence-corrected chi connectivity index (χ2v) is 7.39. The van der Waals surface area contributed by atoms with E-state index in [0.717, 1.165) is 19.3 Å². The Hall–Kier alpha value is -2.95. The average Bonchev–Trinajstić information content (AvgIpc) is 2.70. The Morgan fingerprint density at radius 2 is 1.90 bits per heavy atom. The molecule has 1 aromatic heterocycles. The lowest BCUT2D eigenvalue weighted by Crippen LogP contribution is -2.06. The first-order valence-corrected chi connectivity index (χ1v) is 10.4. The molecule has 5 heteroatoms. The molecule has 0 fully saturated rings. The number of ether oxygens (including phenoxy) is 2. The molecular formula is C25H32O5. The quantitative estimate of drug-likeness (QED) is 0.266. The fraction of sp³-hybridized carbons (Fsp3) is 0.400. The number of rotatable bonds is 11. The molecule has 0 spiro atoms. The zero-order valence-electron chi connectivity index (χ0n) is 18.4. The lowest BCUT2D eigenvalue weighted by molar-refractivity contribution is 0.298. The molecule has 1 N–H and O–H groups in total. The number of aromatic hydroxyl groups is 1. The van der Waals surface area contributed by atoms with Crippen LogP contribution in [0, 0.1) is 0 Å². The predicted octanol–water partition coefficient (Wildman–Crippen LogP) is 6.31. The highest BCUT2D eigenvalue weighted by atomic mass is 16.5. The Bertz CT molecular complexity index is 975. The molecule has 2 rings (SSSR count). The van der Waals surface area contributed by atoms with Crippen molar-refractivity contribution in [3.63, 3.8) is 0 Å². The van der Waals surface area contributed by atoms with Gasteiger partial charge in [0.1, 0.15) is 23.3 Å². The van der Waals surface area contributed by atoms with Gasteiger partial charge in [-0.1, -0.05) is 42.4 Å². The Labute approximate surface area is 178 Å². The molecule has 0 bridgehead atoms. The van der Waals surface area contributed by atoms with Gasteiger partial charge in [0.15, 0.2) is 5.75 Å². The zero-order chi connectivity index (χ0) is 21.9. The second-order valence-electron chi connectivity index (χ2n) is 7.39. The zero-order valence-corrected chi connectivity index (χ0v) is 18.4. The van der Waals surface area contributed by atoms with Gasteiger partial charge in [-0.15, -0.1) is 0 Å². The predicted molar refractivity (Wildman–Crippen MR) is 122 cm³/mol. The van der Waals surface area contributed by atoms with E-state index in [4.69, 9.17) is 13.9 Å². The molecule has 0 amide bonds. The highest BCUT2D eigenvalue weighted by Crippen LogP contribution is 2.38. The molecule has 0 aliphatic rings. The lowest BCUT2D eigenvalue weighted by Gasteiger charge is -2.13. The van der Waals surface area contributed by atoms with E-state index in [-0.39, 0.29) is 5.75 Å². The van der Waals surface area contributed by atoms with E-state index in [0.29, 0.717) is 36.4 Å². The summed E-state index contributed by atoms with van der Waals surface area (Å²) in [6.07, 6.45) is 11.9. The third-order valence-corrected chi connectivity index (χ3v) is 4.52. The van der Waals surface area contributed by atoms with E-state index in [9.17, 15) is 9.90 Å². The van der Waals surface area contributed by atoms with Crippen molar-refractivity contribution >= 4 is 11.0 Å². The third kappa shape index (κ3) is 6.83. The van der Waals surface area contributed by atoms with Crippen LogP contribution in [0.5, 0.6) is 17.2 Å². The number of allylic oxidation sites excluding steroid dienone is 4. The topological polar surface area (TPSA) is 68.9 Å². The van der Waals surface area contributed by atoms with Crippen LogP contribution in [0.2, 0.25) is 0 Å². The first kappa shape index (κ1) is 23.3. The second kappa shape index (κ2) is 11.9. The van der Waals surface area contributed by atoms with E-state index in [1.165, 1.54) is 11.1 Å². The molecule has 0 saturated carbocycles. The number of benzene rings is 1. The molecule has 30 heavy (non-hydrogen) atoms. The van der Waals surface area contributed by atoms with Crippen LogP contribution in [0.3, 0.4) is 0 Å². The fourth-order valence-electron chi connectivity index (χ4n) is 2.92. The van der Waals surface area contributed by atoms with E-state index >= 15 is 0 Å². The Morgan fingerprint density at radius 3 is 2.63 bits per heavy atom. The van der Waals surface area contributed by atoms with Gasteiger partial charge in [0.25, 0.3) is 0 Å². The van der Waals surface area contributed by atoms with Crippen LogP contribution in [-0.2, 0) is 0 Å². The summed E-state index contributed by atoms with van der Waals surface area (Å²) in [7, 11) is 0. The standard InChI is InChI=1S/C25H32O5/c1-5-6-7-8-16-29-24-22-20(13-10-14-21(22)30-25(27)23(24)26)28-17-15-19(4)12-9-11-18(2)3/h6-7,10-11,13-15,26H,5,8-9,12,16-17H2,1-4H3/b7-6+,19-15+. The minimum atomic E-state index is -0.825. The van der Waals surface area contributed by atoms with Gasteiger partial charge >= 0.3 is 5.63 Å². The molecule has 5 nitrogen and oxygen atoms in total. The maximum absolute atomic E-state index is 12.0. The summed E-state index contributed by atoms with van der Waals surface area (Å²) in [6.45, 7) is 9.03. The number of hydrogen-bond donors (Lipinski definition) is 1. The largest absolute Gasteiger partial charge is 0.499 e. The van der Waals surface area contributed by atoms with E-state index in [1.54, 1.807) is 18.2 Å². The first-order valence-electron chi connectivity index (χ1n) is 10.4. The van der Waals surface area contributed by atoms with Gasteiger partial charge in [0.05, 0.1) is 6.61 Å². The van der Waals surface area contributed by atoms with Gasteiger partial charge in [0.2, 0.25) is 5.75 Å². The van der Waals surface area contributed by atoms with Gasteiger partial charge in [-0.3, -0.25) is 0 Å². The summed E-state index contributed by atoms with van der Waals surface area (Å²) < 4.78 is 16.9. The van der Waals surface area contributed by atoms with Crippen LogP contribution in [-0.4, -0.2) is 18.3 Å². The molecule has 0 aliphatic heterocycles. The molecule has 1 heterocycles. The highest BCUT2D eigenvalue weighted by Gasteiger charge is 2.19. The fourth-order valence-corrected chi connectivity index (χ4v) is 2.92. The van der Waals surface area contributed by atoms with Crippen molar-refractivity contribution in [2.45, 2.75) is 53.4 Å². The van der Waals surface area contributed by atoms with Crippen molar-refractivity contribution in [1.82, 2.24) is 0 Å². The van der Waals surface area contributed by atoms with Crippen molar-refractivity contribution in [2.75, 3.05) is 13.2 Å². The normalized spacial score (nSPS) is 11.8. The molecule has 1 aromatic carbocycles. The Balaban J connectivity index is 2.21. The molecule has 2 aromatic rings. The maximum Gasteiger partial charge on any atom is 0.382 e.